The van der Waals surface area contributed by atoms with Crippen molar-refractivity contribution in [1.29, 1.82) is 0 Å². The second kappa shape index (κ2) is 6.94. The number of morpholine rings is 1. The molecule has 0 N–H and O–H groups in total. The van der Waals surface area contributed by atoms with E-state index in [2.05, 4.69) is 41.6 Å². The molecule has 0 aromatic heterocycles. The molecule has 1 rings (SSSR count). The molecule has 1 atom stereocenters. The Morgan fingerprint density at radius 3 is 2.81 bits per heavy atom. The molecule has 1 aliphatic rings. The number of nitrogens with zero attached hydrogens (tertiary/aromatic N) is 1. The van der Waals surface area contributed by atoms with Crippen LogP contribution in [-0.2, 0) is 9.47 Å². The fourth-order valence-electron chi connectivity index (χ4n) is 2.11. The number of hydrogen-bond donors (Lipinski definition) is 0. The molecular formula is C12H24BrNO2. The van der Waals surface area contributed by atoms with Crippen molar-refractivity contribution in [3.8, 4) is 0 Å². The van der Waals surface area contributed by atoms with Crippen molar-refractivity contribution in [2.75, 3.05) is 38.2 Å². The van der Waals surface area contributed by atoms with Gasteiger partial charge in [-0.15, -0.1) is 0 Å². The van der Waals surface area contributed by atoms with E-state index in [0.717, 1.165) is 44.6 Å². The van der Waals surface area contributed by atoms with Crippen LogP contribution in [0.1, 0.15) is 27.2 Å². The van der Waals surface area contributed by atoms with Crippen LogP contribution in [0, 0.1) is 0 Å². The minimum absolute atomic E-state index is 0.0402. The number of hydrogen-bond acceptors (Lipinski definition) is 3. The molecule has 96 valence electrons. The summed E-state index contributed by atoms with van der Waals surface area (Å²) in [6, 6.07) is 0. The van der Waals surface area contributed by atoms with E-state index < -0.39 is 0 Å². The van der Waals surface area contributed by atoms with Gasteiger partial charge in [-0.25, -0.2) is 0 Å². The van der Waals surface area contributed by atoms with Crippen molar-refractivity contribution in [2.24, 2.45) is 0 Å². The van der Waals surface area contributed by atoms with Crippen molar-refractivity contribution in [2.45, 2.75) is 38.9 Å². The molecule has 1 fully saturated rings. The Labute approximate surface area is 108 Å². The normalized spacial score (nSPS) is 25.9. The maximum atomic E-state index is 5.95. The van der Waals surface area contributed by atoms with Crippen LogP contribution < -0.4 is 0 Å². The van der Waals surface area contributed by atoms with E-state index >= 15 is 0 Å². The summed E-state index contributed by atoms with van der Waals surface area (Å²) in [6.07, 6.45) is 1.40. The van der Waals surface area contributed by atoms with Gasteiger partial charge in [-0.2, -0.15) is 0 Å². The van der Waals surface area contributed by atoms with Gasteiger partial charge < -0.3 is 9.47 Å². The number of rotatable bonds is 6. The maximum Gasteiger partial charge on any atom is 0.0806 e. The topological polar surface area (TPSA) is 21.7 Å². The SMILES string of the molecule is CCCOCCN1CC(CBr)OC(C)(C)C1. The monoisotopic (exact) mass is 293 g/mol. The zero-order chi connectivity index (χ0) is 12.0. The van der Waals surface area contributed by atoms with Gasteiger partial charge >= 0.3 is 0 Å². The first-order valence-corrected chi connectivity index (χ1v) is 7.23. The van der Waals surface area contributed by atoms with Gasteiger partial charge in [0.2, 0.25) is 0 Å². The minimum atomic E-state index is -0.0402. The number of halogens is 1. The van der Waals surface area contributed by atoms with Gasteiger partial charge in [0.15, 0.2) is 0 Å². The van der Waals surface area contributed by atoms with Crippen LogP contribution in [0.5, 0.6) is 0 Å². The summed E-state index contributed by atoms with van der Waals surface area (Å²) in [4.78, 5) is 2.44. The fourth-order valence-corrected chi connectivity index (χ4v) is 2.44. The first-order valence-electron chi connectivity index (χ1n) is 6.11. The molecule has 0 aromatic rings. The Hall–Kier alpha value is 0.360. The Kier molecular flexibility index (Phi) is 6.26. The quantitative estimate of drug-likeness (QED) is 0.554. The zero-order valence-electron chi connectivity index (χ0n) is 10.7. The minimum Gasteiger partial charge on any atom is -0.380 e. The van der Waals surface area contributed by atoms with Crippen molar-refractivity contribution in [1.82, 2.24) is 4.90 Å². The molecule has 0 bridgehead atoms. The van der Waals surface area contributed by atoms with E-state index in [0.29, 0.717) is 6.10 Å². The molecule has 0 saturated carbocycles. The highest BCUT2D eigenvalue weighted by Gasteiger charge is 2.32. The Morgan fingerprint density at radius 1 is 1.44 bits per heavy atom. The third-order valence-electron chi connectivity index (χ3n) is 2.62. The summed E-state index contributed by atoms with van der Waals surface area (Å²) in [5, 5.41) is 0.906. The summed E-state index contributed by atoms with van der Waals surface area (Å²) < 4.78 is 11.5. The smallest absolute Gasteiger partial charge is 0.0806 e. The van der Waals surface area contributed by atoms with Crippen LogP contribution in [0.25, 0.3) is 0 Å². The summed E-state index contributed by atoms with van der Waals surface area (Å²) in [7, 11) is 0. The van der Waals surface area contributed by atoms with Crippen LogP contribution in [0.2, 0.25) is 0 Å². The van der Waals surface area contributed by atoms with E-state index in [1.54, 1.807) is 0 Å². The summed E-state index contributed by atoms with van der Waals surface area (Å²) in [5.41, 5.74) is -0.0402. The van der Waals surface area contributed by atoms with E-state index in [1.807, 2.05) is 0 Å². The lowest BCUT2D eigenvalue weighted by atomic mass is 10.1. The van der Waals surface area contributed by atoms with Crippen LogP contribution in [0.15, 0.2) is 0 Å². The maximum absolute atomic E-state index is 5.95. The standard InChI is InChI=1S/C12H24BrNO2/c1-4-6-15-7-5-14-9-11(8-13)16-12(2,3)10-14/h11H,4-10H2,1-3H3. The highest BCUT2D eigenvalue weighted by atomic mass is 79.9. The van der Waals surface area contributed by atoms with Gasteiger partial charge in [0.25, 0.3) is 0 Å². The summed E-state index contributed by atoms with van der Waals surface area (Å²) >= 11 is 3.50. The lowest BCUT2D eigenvalue weighted by Gasteiger charge is -2.42. The van der Waals surface area contributed by atoms with E-state index in [9.17, 15) is 0 Å². The predicted molar refractivity (Wildman–Crippen MR) is 70.3 cm³/mol. The van der Waals surface area contributed by atoms with Crippen LogP contribution in [-0.4, -0.2) is 54.8 Å². The molecule has 1 saturated heterocycles. The molecule has 3 nitrogen and oxygen atoms in total. The molecule has 0 aromatic carbocycles. The lowest BCUT2D eigenvalue weighted by Crippen LogP contribution is -2.53. The van der Waals surface area contributed by atoms with Gasteiger partial charge in [0, 0.05) is 31.6 Å². The summed E-state index contributed by atoms with van der Waals surface area (Å²) in [6.45, 7) is 11.2. The molecule has 1 unspecified atom stereocenters. The summed E-state index contributed by atoms with van der Waals surface area (Å²) in [5.74, 6) is 0. The largest absolute Gasteiger partial charge is 0.380 e. The molecule has 0 amide bonds. The molecule has 1 aliphatic heterocycles. The van der Waals surface area contributed by atoms with Crippen LogP contribution in [0.3, 0.4) is 0 Å². The van der Waals surface area contributed by atoms with Crippen LogP contribution >= 0.6 is 15.9 Å². The number of ether oxygens (including phenoxy) is 2. The van der Waals surface area contributed by atoms with E-state index in [4.69, 9.17) is 9.47 Å². The van der Waals surface area contributed by atoms with Gasteiger partial charge in [0.05, 0.1) is 18.3 Å². The average Bonchev–Trinajstić information content (AvgIpc) is 2.22. The van der Waals surface area contributed by atoms with E-state index in [-0.39, 0.29) is 5.60 Å². The lowest BCUT2D eigenvalue weighted by molar-refractivity contribution is -0.129. The highest BCUT2D eigenvalue weighted by molar-refractivity contribution is 9.09. The Balaban J connectivity index is 2.29. The van der Waals surface area contributed by atoms with E-state index in [1.165, 1.54) is 0 Å². The predicted octanol–water partition coefficient (Wildman–Crippen LogP) is 2.29. The van der Waals surface area contributed by atoms with Crippen molar-refractivity contribution in [3.05, 3.63) is 0 Å². The second-order valence-corrected chi connectivity index (χ2v) is 5.65. The van der Waals surface area contributed by atoms with Crippen molar-refractivity contribution in [3.63, 3.8) is 0 Å². The third kappa shape index (κ3) is 5.13. The molecular weight excluding hydrogens is 270 g/mol. The molecule has 4 heteroatoms. The molecule has 0 spiro atoms. The van der Waals surface area contributed by atoms with Crippen molar-refractivity contribution < 1.29 is 9.47 Å². The number of alkyl halides is 1. The van der Waals surface area contributed by atoms with Gasteiger partial charge in [0.1, 0.15) is 0 Å². The molecule has 0 aliphatic carbocycles. The molecule has 16 heavy (non-hydrogen) atoms. The van der Waals surface area contributed by atoms with Gasteiger partial charge in [-0.3, -0.25) is 4.90 Å². The average molecular weight is 294 g/mol. The van der Waals surface area contributed by atoms with Crippen LogP contribution in [0.4, 0.5) is 0 Å². The van der Waals surface area contributed by atoms with Gasteiger partial charge in [-0.1, -0.05) is 22.9 Å². The fraction of sp³-hybridized carbons (Fsp3) is 1.00. The first-order chi connectivity index (χ1) is 7.57. The molecule has 0 radical (unpaired) electrons. The highest BCUT2D eigenvalue weighted by Crippen LogP contribution is 2.21. The van der Waals surface area contributed by atoms with Crippen molar-refractivity contribution >= 4 is 15.9 Å². The van der Waals surface area contributed by atoms with Gasteiger partial charge in [-0.05, 0) is 20.3 Å². The second-order valence-electron chi connectivity index (χ2n) is 5.00. The molecule has 1 heterocycles. The first kappa shape index (κ1) is 14.4. The Bertz CT molecular complexity index is 199. The zero-order valence-corrected chi connectivity index (χ0v) is 12.3. The third-order valence-corrected chi connectivity index (χ3v) is 3.35. The Morgan fingerprint density at radius 2 is 2.19 bits per heavy atom.